The molecular weight excluding hydrogens is 364 g/mol. The Morgan fingerprint density at radius 1 is 1.32 bits per heavy atom. The van der Waals surface area contributed by atoms with E-state index in [4.69, 9.17) is 0 Å². The molecule has 1 aromatic rings. The molecule has 1 aromatic carbocycles. The summed E-state index contributed by atoms with van der Waals surface area (Å²) in [5.41, 5.74) is 4.02. The number of carbonyl (C=O) groups excluding carboxylic acids is 1. The van der Waals surface area contributed by atoms with E-state index < -0.39 is 0 Å². The molecule has 2 fully saturated rings. The van der Waals surface area contributed by atoms with Crippen LogP contribution in [0.2, 0.25) is 0 Å². The van der Waals surface area contributed by atoms with Crippen LogP contribution in [0.1, 0.15) is 36.0 Å². The first-order chi connectivity index (χ1) is 10.0. The van der Waals surface area contributed by atoms with Crippen LogP contribution in [0, 0.1) is 25.2 Å². The molecule has 5 heteroatoms. The fraction of sp³-hybridized carbons (Fsp3) is 0.588. The van der Waals surface area contributed by atoms with Gasteiger partial charge in [-0.3, -0.25) is 4.79 Å². The first kappa shape index (κ1) is 17.8. The van der Waals surface area contributed by atoms with E-state index in [-0.39, 0.29) is 24.2 Å². The fourth-order valence-electron chi connectivity index (χ4n) is 3.71. The topological polar surface area (TPSA) is 41.1 Å². The lowest BCUT2D eigenvalue weighted by Crippen LogP contribution is -2.33. The lowest BCUT2D eigenvalue weighted by Gasteiger charge is -2.23. The van der Waals surface area contributed by atoms with Crippen molar-refractivity contribution in [3.05, 3.63) is 33.3 Å². The molecule has 1 amide bonds. The van der Waals surface area contributed by atoms with E-state index in [0.29, 0.717) is 12.0 Å². The van der Waals surface area contributed by atoms with Crippen molar-refractivity contribution in [1.82, 2.24) is 10.6 Å². The molecule has 1 spiro atoms. The van der Waals surface area contributed by atoms with Gasteiger partial charge in [0.05, 0.1) is 0 Å². The van der Waals surface area contributed by atoms with Crippen molar-refractivity contribution < 1.29 is 4.79 Å². The highest BCUT2D eigenvalue weighted by molar-refractivity contribution is 9.10. The smallest absolute Gasteiger partial charge is 0.223 e. The number of aryl methyl sites for hydroxylation is 2. The molecular formula is C17H24BrClN2O. The molecule has 3 nitrogen and oxygen atoms in total. The number of carbonyl (C=O) groups is 1. The van der Waals surface area contributed by atoms with Crippen LogP contribution in [0.3, 0.4) is 0 Å². The molecule has 0 aromatic heterocycles. The Labute approximate surface area is 147 Å². The third-order valence-electron chi connectivity index (χ3n) is 5.21. The fourth-order valence-corrected chi connectivity index (χ4v) is 4.40. The minimum Gasteiger partial charge on any atom is -0.352 e. The first-order valence-corrected chi connectivity index (χ1v) is 8.55. The van der Waals surface area contributed by atoms with Gasteiger partial charge in [0.1, 0.15) is 0 Å². The average molecular weight is 388 g/mol. The van der Waals surface area contributed by atoms with Crippen LogP contribution in [-0.2, 0) is 11.3 Å². The number of hydrogen-bond acceptors (Lipinski definition) is 2. The standard InChI is InChI=1S/C17H23BrN2O.ClH/c1-11-7-13(18)8-12(2)14(11)10-20-16(21)15-9-17(15)3-5-19-6-4-17;/h7-8,15,19H,3-6,9-10H2,1-2H3,(H,20,21);1H. The van der Waals surface area contributed by atoms with E-state index in [1.807, 2.05) is 0 Å². The molecule has 1 unspecified atom stereocenters. The van der Waals surface area contributed by atoms with Crippen molar-refractivity contribution in [2.75, 3.05) is 13.1 Å². The van der Waals surface area contributed by atoms with Crippen LogP contribution in [0.4, 0.5) is 0 Å². The molecule has 1 aliphatic heterocycles. The summed E-state index contributed by atoms with van der Waals surface area (Å²) in [5.74, 6) is 0.495. The summed E-state index contributed by atoms with van der Waals surface area (Å²) in [6, 6.07) is 4.22. The van der Waals surface area contributed by atoms with Gasteiger partial charge in [-0.15, -0.1) is 12.4 Å². The predicted molar refractivity (Wildman–Crippen MR) is 95.4 cm³/mol. The number of nitrogens with one attached hydrogen (secondary N) is 2. The summed E-state index contributed by atoms with van der Waals surface area (Å²) in [7, 11) is 0. The Bertz CT molecular complexity index is 547. The lowest BCUT2D eigenvalue weighted by atomic mass is 9.91. The SMILES string of the molecule is Cc1cc(Br)cc(C)c1CNC(=O)C1CC12CCNCC2.Cl. The minimum absolute atomic E-state index is 0. The van der Waals surface area contributed by atoms with Gasteiger partial charge in [-0.05, 0) is 80.4 Å². The second-order valence-electron chi connectivity index (χ2n) is 6.61. The molecule has 1 saturated carbocycles. The maximum atomic E-state index is 12.4. The van der Waals surface area contributed by atoms with Gasteiger partial charge >= 0.3 is 0 Å². The van der Waals surface area contributed by atoms with Crippen LogP contribution in [0.15, 0.2) is 16.6 Å². The summed E-state index contributed by atoms with van der Waals surface area (Å²) in [5, 5.41) is 6.54. The molecule has 2 aliphatic rings. The Morgan fingerprint density at radius 2 is 1.91 bits per heavy atom. The van der Waals surface area contributed by atoms with Crippen molar-refractivity contribution >= 4 is 34.2 Å². The Kier molecular flexibility index (Phi) is 5.57. The zero-order valence-corrected chi connectivity index (χ0v) is 15.6. The summed E-state index contributed by atoms with van der Waals surface area (Å²) in [4.78, 5) is 12.4. The van der Waals surface area contributed by atoms with Crippen molar-refractivity contribution in [3.63, 3.8) is 0 Å². The maximum Gasteiger partial charge on any atom is 0.223 e. The summed E-state index contributed by atoms with van der Waals surface area (Å²) in [6.07, 6.45) is 3.39. The number of amides is 1. The van der Waals surface area contributed by atoms with Crippen LogP contribution in [0.5, 0.6) is 0 Å². The molecule has 1 heterocycles. The van der Waals surface area contributed by atoms with Gasteiger partial charge < -0.3 is 10.6 Å². The van der Waals surface area contributed by atoms with Gasteiger partial charge in [-0.2, -0.15) is 0 Å². The number of benzene rings is 1. The lowest BCUT2D eigenvalue weighted by molar-refractivity contribution is -0.123. The Balaban J connectivity index is 0.00000176. The van der Waals surface area contributed by atoms with Crippen molar-refractivity contribution in [3.8, 4) is 0 Å². The maximum absolute atomic E-state index is 12.4. The van der Waals surface area contributed by atoms with E-state index in [1.54, 1.807) is 0 Å². The molecule has 0 radical (unpaired) electrons. The zero-order valence-electron chi connectivity index (χ0n) is 13.2. The highest BCUT2D eigenvalue weighted by Gasteiger charge is 2.57. The zero-order chi connectivity index (χ0) is 15.0. The summed E-state index contributed by atoms with van der Waals surface area (Å²) >= 11 is 3.52. The molecule has 22 heavy (non-hydrogen) atoms. The summed E-state index contributed by atoms with van der Waals surface area (Å²) < 4.78 is 1.10. The van der Waals surface area contributed by atoms with Gasteiger partial charge in [0.2, 0.25) is 5.91 Å². The van der Waals surface area contributed by atoms with Gasteiger partial charge in [-0.25, -0.2) is 0 Å². The van der Waals surface area contributed by atoms with Crippen LogP contribution < -0.4 is 10.6 Å². The highest BCUT2D eigenvalue weighted by atomic mass is 79.9. The van der Waals surface area contributed by atoms with Crippen LogP contribution in [-0.4, -0.2) is 19.0 Å². The molecule has 1 aliphatic carbocycles. The largest absolute Gasteiger partial charge is 0.352 e. The first-order valence-electron chi connectivity index (χ1n) is 7.76. The van der Waals surface area contributed by atoms with Gasteiger partial charge in [0.25, 0.3) is 0 Å². The molecule has 3 rings (SSSR count). The summed E-state index contributed by atoms with van der Waals surface area (Å²) in [6.45, 7) is 6.98. The van der Waals surface area contributed by atoms with E-state index >= 15 is 0 Å². The quantitative estimate of drug-likeness (QED) is 0.833. The normalized spacial score (nSPS) is 22.0. The Morgan fingerprint density at radius 3 is 2.50 bits per heavy atom. The third-order valence-corrected chi connectivity index (χ3v) is 5.66. The highest BCUT2D eigenvalue weighted by Crippen LogP contribution is 2.58. The van der Waals surface area contributed by atoms with Gasteiger partial charge in [-0.1, -0.05) is 15.9 Å². The molecule has 2 N–H and O–H groups in total. The number of piperidine rings is 1. The van der Waals surface area contributed by atoms with Crippen LogP contribution >= 0.6 is 28.3 Å². The monoisotopic (exact) mass is 386 g/mol. The second kappa shape index (κ2) is 6.90. The Hall–Kier alpha value is -0.580. The number of hydrogen-bond donors (Lipinski definition) is 2. The van der Waals surface area contributed by atoms with E-state index in [0.717, 1.165) is 36.8 Å². The minimum atomic E-state index is 0. The number of halogens is 2. The second-order valence-corrected chi connectivity index (χ2v) is 7.52. The van der Waals surface area contributed by atoms with E-state index in [2.05, 4.69) is 52.5 Å². The van der Waals surface area contributed by atoms with E-state index in [9.17, 15) is 4.79 Å². The van der Waals surface area contributed by atoms with Crippen molar-refractivity contribution in [2.45, 2.75) is 39.7 Å². The van der Waals surface area contributed by atoms with Crippen LogP contribution in [0.25, 0.3) is 0 Å². The molecule has 0 bridgehead atoms. The van der Waals surface area contributed by atoms with Crippen molar-refractivity contribution in [2.24, 2.45) is 11.3 Å². The van der Waals surface area contributed by atoms with Crippen molar-refractivity contribution in [1.29, 1.82) is 0 Å². The van der Waals surface area contributed by atoms with E-state index in [1.165, 1.54) is 16.7 Å². The number of rotatable bonds is 3. The molecule has 122 valence electrons. The molecule has 1 atom stereocenters. The van der Waals surface area contributed by atoms with Gasteiger partial charge in [0, 0.05) is 16.9 Å². The average Bonchev–Trinajstić information content (AvgIpc) is 3.11. The molecule has 1 saturated heterocycles. The van der Waals surface area contributed by atoms with Gasteiger partial charge in [0.15, 0.2) is 0 Å². The predicted octanol–water partition coefficient (Wildman–Crippen LogP) is 3.49. The third kappa shape index (κ3) is 3.50.